The molecule has 0 radical (unpaired) electrons. The van der Waals surface area contributed by atoms with Crippen LogP contribution in [0, 0.1) is 6.92 Å². The third kappa shape index (κ3) is 3.74. The van der Waals surface area contributed by atoms with Crippen LogP contribution in [-0.4, -0.2) is 0 Å². The number of rotatable bonds is 1. The van der Waals surface area contributed by atoms with Crippen LogP contribution in [0.4, 0.5) is 0 Å². The molecule has 0 aromatic heterocycles. The van der Waals surface area contributed by atoms with Gasteiger partial charge in [0.25, 0.3) is 0 Å². The minimum atomic E-state index is 0. The second kappa shape index (κ2) is 5.87. The van der Waals surface area contributed by atoms with Gasteiger partial charge in [-0.05, 0) is 12.8 Å². The Bertz CT molecular complexity index is 123. The van der Waals surface area contributed by atoms with E-state index in [9.17, 15) is 0 Å². The topological polar surface area (TPSA) is 0 Å². The van der Waals surface area contributed by atoms with Gasteiger partial charge < -0.3 is 6.92 Å². The summed E-state index contributed by atoms with van der Waals surface area (Å²) < 4.78 is 0. The van der Waals surface area contributed by atoms with Gasteiger partial charge in [-0.2, -0.15) is 6.42 Å². The van der Waals surface area contributed by atoms with Crippen molar-refractivity contribution in [3.05, 3.63) is 30.7 Å². The van der Waals surface area contributed by atoms with Crippen molar-refractivity contribution in [2.75, 3.05) is 0 Å². The van der Waals surface area contributed by atoms with Gasteiger partial charge in [0.05, 0.1) is 0 Å². The average Bonchev–Trinajstić information content (AvgIpc) is 1.90. The van der Waals surface area contributed by atoms with E-state index in [0.29, 0.717) is 0 Å². The van der Waals surface area contributed by atoms with Gasteiger partial charge in [-0.3, -0.25) is 0 Å². The Hall–Kier alpha value is 1.12. The molecule has 1 heteroatoms. The van der Waals surface area contributed by atoms with Gasteiger partial charge in [0.2, 0.25) is 0 Å². The molecule has 0 saturated carbocycles. The zero-order chi connectivity index (χ0) is 5.82. The molecule has 0 unspecified atom stereocenters. The second-order valence-corrected chi connectivity index (χ2v) is 2.01. The van der Waals surface area contributed by atoms with Gasteiger partial charge in [0, 0.05) is 0 Å². The summed E-state index contributed by atoms with van der Waals surface area (Å²) in [5.41, 5.74) is 1.39. The van der Waals surface area contributed by atoms with E-state index in [1.807, 2.05) is 0 Å². The molecule has 0 aromatic carbocycles. The maximum atomic E-state index is 3.79. The third-order valence-corrected chi connectivity index (χ3v) is 1.36. The monoisotopic (exact) mass is 146 g/mol. The van der Waals surface area contributed by atoms with Crippen LogP contribution in [0.25, 0.3) is 0 Å². The van der Waals surface area contributed by atoms with E-state index >= 15 is 0 Å². The Labute approximate surface area is 99.8 Å². The SMILES string of the molecule is [CH2-]CC1=CCCC=C1.[K+]. The van der Waals surface area contributed by atoms with Crippen molar-refractivity contribution < 1.29 is 51.4 Å². The van der Waals surface area contributed by atoms with Gasteiger partial charge >= 0.3 is 51.4 Å². The number of hydrogen-bond donors (Lipinski definition) is 0. The Kier molecular flexibility index (Phi) is 6.60. The van der Waals surface area contributed by atoms with Crippen LogP contribution in [-0.2, 0) is 0 Å². The Morgan fingerprint density at radius 1 is 1.44 bits per heavy atom. The second-order valence-electron chi connectivity index (χ2n) is 2.01. The molecule has 0 atom stereocenters. The van der Waals surface area contributed by atoms with Gasteiger partial charge in [-0.15, -0.1) is 0 Å². The summed E-state index contributed by atoms with van der Waals surface area (Å²) in [7, 11) is 0. The zero-order valence-corrected chi connectivity index (χ0v) is 9.18. The molecule has 1 aliphatic rings. The summed E-state index contributed by atoms with van der Waals surface area (Å²) in [6, 6.07) is 0. The number of hydrogen-bond acceptors (Lipinski definition) is 0. The summed E-state index contributed by atoms with van der Waals surface area (Å²) in [6.45, 7) is 3.79. The fraction of sp³-hybridized carbons (Fsp3) is 0.375. The summed E-state index contributed by atoms with van der Waals surface area (Å²) in [5.74, 6) is 0. The van der Waals surface area contributed by atoms with Crippen molar-refractivity contribution in [2.24, 2.45) is 0 Å². The molecule has 0 nitrogen and oxygen atoms in total. The van der Waals surface area contributed by atoms with Crippen molar-refractivity contribution in [1.29, 1.82) is 0 Å². The third-order valence-electron chi connectivity index (χ3n) is 1.36. The quantitative estimate of drug-likeness (QED) is 0.345. The molecule has 0 aliphatic heterocycles. The molecule has 0 aromatic rings. The van der Waals surface area contributed by atoms with E-state index in [-0.39, 0.29) is 51.4 Å². The molecule has 0 heterocycles. The zero-order valence-electron chi connectivity index (χ0n) is 6.06. The molecule has 0 spiro atoms. The van der Waals surface area contributed by atoms with Gasteiger partial charge in [0.15, 0.2) is 0 Å². The van der Waals surface area contributed by atoms with Gasteiger partial charge in [0.1, 0.15) is 0 Å². The van der Waals surface area contributed by atoms with E-state index in [4.69, 9.17) is 0 Å². The maximum absolute atomic E-state index is 3.79. The molecular formula is C8H11K. The van der Waals surface area contributed by atoms with Gasteiger partial charge in [-0.1, -0.05) is 23.8 Å². The predicted molar refractivity (Wildman–Crippen MR) is 36.4 cm³/mol. The summed E-state index contributed by atoms with van der Waals surface area (Å²) >= 11 is 0. The van der Waals surface area contributed by atoms with Crippen LogP contribution in [0.15, 0.2) is 23.8 Å². The minimum absolute atomic E-state index is 0. The minimum Gasteiger partial charge on any atom is -0.339 e. The predicted octanol–water partition coefficient (Wildman–Crippen LogP) is -0.509. The molecule has 0 saturated heterocycles. The first kappa shape index (κ1) is 10.1. The van der Waals surface area contributed by atoms with Crippen LogP contribution >= 0.6 is 0 Å². The van der Waals surface area contributed by atoms with Crippen molar-refractivity contribution in [1.82, 2.24) is 0 Å². The van der Waals surface area contributed by atoms with Crippen LogP contribution in [0.1, 0.15) is 19.3 Å². The van der Waals surface area contributed by atoms with Crippen molar-refractivity contribution in [2.45, 2.75) is 19.3 Å². The Morgan fingerprint density at radius 3 is 2.56 bits per heavy atom. The molecule has 0 bridgehead atoms. The van der Waals surface area contributed by atoms with E-state index < -0.39 is 0 Å². The Morgan fingerprint density at radius 2 is 2.22 bits per heavy atom. The first-order valence-corrected chi connectivity index (χ1v) is 3.08. The summed E-state index contributed by atoms with van der Waals surface area (Å²) in [4.78, 5) is 0. The van der Waals surface area contributed by atoms with E-state index in [1.54, 1.807) is 0 Å². The maximum Gasteiger partial charge on any atom is 1.00 e. The van der Waals surface area contributed by atoms with E-state index in [1.165, 1.54) is 18.4 Å². The largest absolute Gasteiger partial charge is 1.00 e. The fourth-order valence-electron chi connectivity index (χ4n) is 0.853. The molecule has 0 fully saturated rings. The van der Waals surface area contributed by atoms with E-state index in [2.05, 4.69) is 25.2 Å². The first-order chi connectivity index (χ1) is 3.93. The van der Waals surface area contributed by atoms with Crippen molar-refractivity contribution >= 4 is 0 Å². The number of allylic oxidation sites excluding steroid dienone is 4. The normalized spacial score (nSPS) is 16.3. The molecule has 0 amide bonds. The fourth-order valence-corrected chi connectivity index (χ4v) is 0.853. The van der Waals surface area contributed by atoms with Crippen molar-refractivity contribution in [3.63, 3.8) is 0 Å². The van der Waals surface area contributed by atoms with Crippen LogP contribution in [0.3, 0.4) is 0 Å². The molecule has 9 heavy (non-hydrogen) atoms. The van der Waals surface area contributed by atoms with Crippen LogP contribution in [0.2, 0.25) is 0 Å². The standard InChI is InChI=1S/C8H11.K/c1-2-8-6-4-3-5-7-8;/h4,6-7H,1-3,5H2;/q-1;+1. The first-order valence-electron chi connectivity index (χ1n) is 3.08. The smallest absolute Gasteiger partial charge is 0.339 e. The summed E-state index contributed by atoms with van der Waals surface area (Å²) in [5, 5.41) is 0. The molecule has 44 valence electrons. The van der Waals surface area contributed by atoms with Gasteiger partial charge in [-0.25, -0.2) is 0 Å². The molecule has 1 aliphatic carbocycles. The Balaban J connectivity index is 0.000000640. The molecular weight excluding hydrogens is 135 g/mol. The molecule has 1 rings (SSSR count). The molecule has 0 N–H and O–H groups in total. The summed E-state index contributed by atoms with van der Waals surface area (Å²) in [6.07, 6.45) is 9.99. The average molecular weight is 146 g/mol. The van der Waals surface area contributed by atoms with Crippen molar-refractivity contribution in [3.8, 4) is 0 Å². The van der Waals surface area contributed by atoms with Crippen LogP contribution < -0.4 is 51.4 Å². The van der Waals surface area contributed by atoms with E-state index in [0.717, 1.165) is 6.42 Å². The van der Waals surface area contributed by atoms with Crippen LogP contribution in [0.5, 0.6) is 0 Å².